The maximum Gasteiger partial charge on any atom is 0.416 e. The first kappa shape index (κ1) is 17.5. The van der Waals surface area contributed by atoms with E-state index >= 15 is 0 Å². The van der Waals surface area contributed by atoms with Gasteiger partial charge in [-0.15, -0.1) is 0 Å². The molecule has 0 saturated carbocycles. The van der Waals surface area contributed by atoms with Gasteiger partial charge in [-0.25, -0.2) is 0 Å². The summed E-state index contributed by atoms with van der Waals surface area (Å²) in [5, 5.41) is 3.11. The van der Waals surface area contributed by atoms with Gasteiger partial charge in [0, 0.05) is 19.2 Å². The van der Waals surface area contributed by atoms with Gasteiger partial charge in [0.15, 0.2) is 0 Å². The van der Waals surface area contributed by atoms with Gasteiger partial charge in [0.05, 0.1) is 5.56 Å². The number of nitrogens with one attached hydrogen (secondary N) is 1. The summed E-state index contributed by atoms with van der Waals surface area (Å²) in [5.74, 6) is 0.280. The molecule has 1 aromatic rings. The van der Waals surface area contributed by atoms with Gasteiger partial charge < -0.3 is 10.2 Å². The van der Waals surface area contributed by atoms with E-state index in [9.17, 15) is 18.0 Å². The van der Waals surface area contributed by atoms with Gasteiger partial charge in [-0.3, -0.25) is 4.79 Å². The molecule has 1 N–H and O–H groups in total. The van der Waals surface area contributed by atoms with Crippen LogP contribution >= 0.6 is 0 Å². The van der Waals surface area contributed by atoms with Crippen LogP contribution in [0.25, 0.3) is 6.08 Å². The van der Waals surface area contributed by atoms with Crippen LogP contribution in [-0.2, 0) is 11.0 Å². The Labute approximate surface area is 134 Å². The fourth-order valence-electron chi connectivity index (χ4n) is 2.81. The van der Waals surface area contributed by atoms with Crippen LogP contribution in [0.4, 0.5) is 13.2 Å². The highest BCUT2D eigenvalue weighted by Gasteiger charge is 2.30. The Hall–Kier alpha value is -1.82. The van der Waals surface area contributed by atoms with Crippen LogP contribution in [0.15, 0.2) is 30.3 Å². The summed E-state index contributed by atoms with van der Waals surface area (Å²) >= 11 is 0. The molecule has 0 bridgehead atoms. The summed E-state index contributed by atoms with van der Waals surface area (Å²) in [6, 6.07) is 4.96. The second-order valence-electron chi connectivity index (χ2n) is 5.81. The van der Waals surface area contributed by atoms with E-state index < -0.39 is 11.7 Å². The maximum atomic E-state index is 12.7. The van der Waals surface area contributed by atoms with E-state index in [1.807, 2.05) is 7.05 Å². The van der Waals surface area contributed by atoms with Gasteiger partial charge in [0.2, 0.25) is 5.91 Å². The minimum atomic E-state index is -4.37. The molecule has 0 radical (unpaired) electrons. The van der Waals surface area contributed by atoms with Crippen LogP contribution in [0, 0.1) is 5.92 Å². The third-order valence-corrected chi connectivity index (χ3v) is 3.96. The van der Waals surface area contributed by atoms with E-state index in [2.05, 4.69) is 5.32 Å². The highest BCUT2D eigenvalue weighted by atomic mass is 19.4. The molecule has 2 rings (SSSR count). The van der Waals surface area contributed by atoms with Gasteiger partial charge in [0.25, 0.3) is 0 Å². The van der Waals surface area contributed by atoms with Crippen molar-refractivity contribution in [1.29, 1.82) is 0 Å². The van der Waals surface area contributed by atoms with E-state index in [1.165, 1.54) is 18.2 Å². The predicted octanol–water partition coefficient (Wildman–Crippen LogP) is 3.18. The van der Waals surface area contributed by atoms with Crippen LogP contribution < -0.4 is 5.32 Å². The average Bonchev–Trinajstić information content (AvgIpc) is 2.53. The van der Waals surface area contributed by atoms with E-state index in [4.69, 9.17) is 0 Å². The molecule has 6 heteroatoms. The van der Waals surface area contributed by atoms with E-state index in [0.717, 1.165) is 31.5 Å². The Morgan fingerprint density at radius 3 is 2.91 bits per heavy atom. The van der Waals surface area contributed by atoms with Crippen molar-refractivity contribution in [2.24, 2.45) is 5.92 Å². The molecule has 1 amide bonds. The lowest BCUT2D eigenvalue weighted by molar-refractivity contribution is -0.137. The van der Waals surface area contributed by atoms with Crippen molar-refractivity contribution in [2.45, 2.75) is 19.0 Å². The molecule has 0 spiro atoms. The number of likely N-dealkylation sites (tertiary alicyclic amines) is 1. The second kappa shape index (κ2) is 7.64. The molecule has 1 unspecified atom stereocenters. The minimum absolute atomic E-state index is 0.150. The van der Waals surface area contributed by atoms with Crippen LogP contribution in [0.3, 0.4) is 0 Å². The number of rotatable bonds is 4. The Morgan fingerprint density at radius 2 is 2.22 bits per heavy atom. The maximum absolute atomic E-state index is 12.7. The summed E-state index contributed by atoms with van der Waals surface area (Å²) < 4.78 is 38.0. The molecule has 0 aliphatic carbocycles. The first-order valence-corrected chi connectivity index (χ1v) is 7.69. The molecule has 1 saturated heterocycles. The summed E-state index contributed by atoms with van der Waals surface area (Å²) in [5.41, 5.74) is -0.337. The third kappa shape index (κ3) is 5.10. The summed E-state index contributed by atoms with van der Waals surface area (Å²) in [6.45, 7) is 2.25. The molecule has 0 aromatic heterocycles. The molecule has 126 valence electrons. The van der Waals surface area contributed by atoms with Crippen molar-refractivity contribution in [3.63, 3.8) is 0 Å². The van der Waals surface area contributed by atoms with Crippen molar-refractivity contribution in [1.82, 2.24) is 10.2 Å². The third-order valence-electron chi connectivity index (χ3n) is 3.96. The van der Waals surface area contributed by atoms with E-state index in [-0.39, 0.29) is 5.91 Å². The van der Waals surface area contributed by atoms with Crippen molar-refractivity contribution in [3.8, 4) is 0 Å². The summed E-state index contributed by atoms with van der Waals surface area (Å²) in [4.78, 5) is 14.0. The van der Waals surface area contributed by atoms with Crippen LogP contribution in [0.1, 0.15) is 24.0 Å². The molecule has 1 heterocycles. The van der Waals surface area contributed by atoms with Crippen molar-refractivity contribution in [3.05, 3.63) is 41.5 Å². The molecular formula is C17H21F3N2O. The Balaban J connectivity index is 2.01. The SMILES string of the molecule is CNCC1CCCN(C(=O)C=Cc2cccc(C(F)(F)F)c2)C1. The predicted molar refractivity (Wildman–Crippen MR) is 83.7 cm³/mol. The van der Waals surface area contributed by atoms with Crippen LogP contribution in [0.2, 0.25) is 0 Å². The monoisotopic (exact) mass is 326 g/mol. The number of amides is 1. The standard InChI is InChI=1S/C17H21F3N2O/c1-21-11-14-5-3-9-22(12-14)16(23)8-7-13-4-2-6-15(10-13)17(18,19)20/h2,4,6-8,10,14,21H,3,5,9,11-12H2,1H3. The zero-order valence-electron chi connectivity index (χ0n) is 13.1. The molecular weight excluding hydrogens is 305 g/mol. The topological polar surface area (TPSA) is 32.3 Å². The molecule has 1 atom stereocenters. The molecule has 1 fully saturated rings. The normalized spacial score (nSPS) is 19.3. The Morgan fingerprint density at radius 1 is 1.43 bits per heavy atom. The molecule has 23 heavy (non-hydrogen) atoms. The number of piperidine rings is 1. The number of halogens is 3. The van der Waals surface area contributed by atoms with Gasteiger partial charge >= 0.3 is 6.18 Å². The number of benzene rings is 1. The zero-order valence-corrected chi connectivity index (χ0v) is 13.1. The number of nitrogens with zero attached hydrogens (tertiary/aromatic N) is 1. The fraction of sp³-hybridized carbons (Fsp3) is 0.471. The van der Waals surface area contributed by atoms with Crippen molar-refractivity contribution < 1.29 is 18.0 Å². The number of carbonyl (C=O) groups is 1. The average molecular weight is 326 g/mol. The minimum Gasteiger partial charge on any atom is -0.339 e. The summed E-state index contributed by atoms with van der Waals surface area (Å²) in [6.07, 6.45) is 0.467. The van der Waals surface area contributed by atoms with Gasteiger partial charge in [0.1, 0.15) is 0 Å². The van der Waals surface area contributed by atoms with Gasteiger partial charge in [-0.2, -0.15) is 13.2 Å². The molecule has 1 aliphatic heterocycles. The number of alkyl halides is 3. The fourth-order valence-corrected chi connectivity index (χ4v) is 2.81. The molecule has 3 nitrogen and oxygen atoms in total. The van der Waals surface area contributed by atoms with E-state index in [1.54, 1.807) is 11.0 Å². The Kier molecular flexibility index (Phi) is 5.82. The van der Waals surface area contributed by atoms with Crippen molar-refractivity contribution in [2.75, 3.05) is 26.7 Å². The van der Waals surface area contributed by atoms with Gasteiger partial charge in [-0.05, 0) is 56.1 Å². The zero-order chi connectivity index (χ0) is 16.9. The quantitative estimate of drug-likeness (QED) is 0.862. The molecule has 1 aliphatic rings. The first-order chi connectivity index (χ1) is 10.9. The smallest absolute Gasteiger partial charge is 0.339 e. The number of hydrogen-bond acceptors (Lipinski definition) is 2. The number of carbonyl (C=O) groups excluding carboxylic acids is 1. The molecule has 1 aromatic carbocycles. The lowest BCUT2D eigenvalue weighted by Crippen LogP contribution is -2.41. The highest BCUT2D eigenvalue weighted by Crippen LogP contribution is 2.29. The van der Waals surface area contributed by atoms with E-state index in [0.29, 0.717) is 24.6 Å². The summed E-state index contributed by atoms with van der Waals surface area (Å²) in [7, 11) is 1.88. The highest BCUT2D eigenvalue weighted by molar-refractivity contribution is 5.91. The van der Waals surface area contributed by atoms with Crippen LogP contribution in [-0.4, -0.2) is 37.5 Å². The largest absolute Gasteiger partial charge is 0.416 e. The lowest BCUT2D eigenvalue weighted by Gasteiger charge is -2.32. The number of hydrogen-bond donors (Lipinski definition) is 1. The van der Waals surface area contributed by atoms with Crippen LogP contribution in [0.5, 0.6) is 0 Å². The Bertz CT molecular complexity index is 567. The lowest BCUT2D eigenvalue weighted by atomic mass is 9.98. The first-order valence-electron chi connectivity index (χ1n) is 7.69. The van der Waals surface area contributed by atoms with Crippen molar-refractivity contribution >= 4 is 12.0 Å². The van der Waals surface area contributed by atoms with Gasteiger partial charge in [-0.1, -0.05) is 12.1 Å². The second-order valence-corrected chi connectivity index (χ2v) is 5.81.